The standard InChI is InChI=1S/C14H15N7OS/c1-23-14-17-8-11(12(16)22)13(20-14)19-9-3-2-4-10(7-9)21-18-6-5-15/h2-8,15,21H,1H3,(H2,16,22)(H,17,19,20)/b15-5?,18-6-. The van der Waals surface area contributed by atoms with Crippen molar-refractivity contribution in [3.8, 4) is 0 Å². The maximum atomic E-state index is 11.5. The van der Waals surface area contributed by atoms with E-state index in [1.165, 1.54) is 24.2 Å². The van der Waals surface area contributed by atoms with Gasteiger partial charge in [0.1, 0.15) is 11.4 Å². The van der Waals surface area contributed by atoms with Gasteiger partial charge in [-0.1, -0.05) is 17.8 Å². The molecule has 0 bridgehead atoms. The molecule has 0 spiro atoms. The second-order valence-electron chi connectivity index (χ2n) is 4.25. The number of carbonyl (C=O) groups excluding carboxylic acids is 1. The Morgan fingerprint density at radius 1 is 1.43 bits per heavy atom. The fraction of sp³-hybridized carbons (Fsp3) is 0.0714. The zero-order valence-corrected chi connectivity index (χ0v) is 13.1. The highest BCUT2D eigenvalue weighted by Crippen LogP contribution is 2.23. The molecule has 1 aromatic heterocycles. The molecule has 0 aliphatic rings. The monoisotopic (exact) mass is 329 g/mol. The number of nitrogens with zero attached hydrogens (tertiary/aromatic N) is 3. The average Bonchev–Trinajstić information content (AvgIpc) is 2.55. The molecule has 0 aliphatic heterocycles. The zero-order chi connectivity index (χ0) is 16.7. The van der Waals surface area contributed by atoms with E-state index in [-0.39, 0.29) is 5.56 Å². The van der Waals surface area contributed by atoms with Gasteiger partial charge < -0.3 is 16.5 Å². The molecule has 118 valence electrons. The van der Waals surface area contributed by atoms with Gasteiger partial charge in [0.25, 0.3) is 5.91 Å². The smallest absolute Gasteiger partial charge is 0.254 e. The third-order valence-corrected chi connectivity index (χ3v) is 3.24. The highest BCUT2D eigenvalue weighted by molar-refractivity contribution is 7.98. The predicted octanol–water partition coefficient (Wildman–Crippen LogP) is 2.09. The van der Waals surface area contributed by atoms with Gasteiger partial charge >= 0.3 is 0 Å². The number of rotatable bonds is 7. The number of nitrogens with one attached hydrogen (secondary N) is 3. The Hall–Kier alpha value is -2.94. The van der Waals surface area contributed by atoms with Crippen molar-refractivity contribution < 1.29 is 4.79 Å². The minimum atomic E-state index is -0.606. The molecule has 0 atom stereocenters. The number of nitrogens with two attached hydrogens (primary N) is 1. The van der Waals surface area contributed by atoms with Crippen LogP contribution in [0.2, 0.25) is 0 Å². The first-order valence-electron chi connectivity index (χ1n) is 6.50. The van der Waals surface area contributed by atoms with E-state index in [0.29, 0.717) is 22.3 Å². The third kappa shape index (κ3) is 4.51. The fourth-order valence-electron chi connectivity index (χ4n) is 1.69. The second kappa shape index (κ2) is 7.90. The van der Waals surface area contributed by atoms with Gasteiger partial charge in [0.05, 0.1) is 11.9 Å². The molecule has 0 aliphatic carbocycles. The summed E-state index contributed by atoms with van der Waals surface area (Å²) in [6, 6.07) is 7.23. The summed E-state index contributed by atoms with van der Waals surface area (Å²) in [6.45, 7) is 0. The molecule has 0 fully saturated rings. The first-order chi connectivity index (χ1) is 11.1. The lowest BCUT2D eigenvalue weighted by Crippen LogP contribution is -2.15. The van der Waals surface area contributed by atoms with Crippen LogP contribution in [-0.4, -0.2) is 34.6 Å². The number of aromatic nitrogens is 2. The van der Waals surface area contributed by atoms with Crippen LogP contribution in [0.25, 0.3) is 0 Å². The number of benzene rings is 1. The van der Waals surface area contributed by atoms with Crippen LogP contribution in [0, 0.1) is 5.41 Å². The molecular formula is C14H15N7OS. The second-order valence-corrected chi connectivity index (χ2v) is 5.02. The largest absolute Gasteiger partial charge is 0.365 e. The molecule has 0 saturated heterocycles. The molecular weight excluding hydrogens is 314 g/mol. The van der Waals surface area contributed by atoms with Gasteiger partial charge in [0.2, 0.25) is 0 Å². The van der Waals surface area contributed by atoms with Crippen LogP contribution in [-0.2, 0) is 0 Å². The topological polar surface area (TPSA) is 129 Å². The number of thioether (sulfide) groups is 1. The van der Waals surface area contributed by atoms with Crippen LogP contribution in [0.4, 0.5) is 17.2 Å². The summed E-state index contributed by atoms with van der Waals surface area (Å²) >= 11 is 1.36. The van der Waals surface area contributed by atoms with E-state index >= 15 is 0 Å². The van der Waals surface area contributed by atoms with Crippen molar-refractivity contribution in [3.05, 3.63) is 36.0 Å². The minimum Gasteiger partial charge on any atom is -0.365 e. The Morgan fingerprint density at radius 2 is 2.22 bits per heavy atom. The fourth-order valence-corrected chi connectivity index (χ4v) is 2.03. The molecule has 5 N–H and O–H groups in total. The molecule has 0 unspecified atom stereocenters. The lowest BCUT2D eigenvalue weighted by molar-refractivity contribution is 0.100. The number of amides is 1. The molecule has 2 aromatic rings. The summed E-state index contributed by atoms with van der Waals surface area (Å²) in [4.78, 5) is 19.8. The Labute approximate surface area is 137 Å². The summed E-state index contributed by atoms with van der Waals surface area (Å²) < 4.78 is 0. The highest BCUT2D eigenvalue weighted by atomic mass is 32.2. The summed E-state index contributed by atoms with van der Waals surface area (Å²) in [6.07, 6.45) is 5.63. The van der Waals surface area contributed by atoms with Crippen LogP contribution in [0.15, 0.2) is 40.7 Å². The van der Waals surface area contributed by atoms with E-state index in [4.69, 9.17) is 11.1 Å². The van der Waals surface area contributed by atoms with Crippen LogP contribution in [0.3, 0.4) is 0 Å². The number of primary amides is 1. The summed E-state index contributed by atoms with van der Waals surface area (Å²) in [7, 11) is 0. The van der Waals surface area contributed by atoms with Crippen molar-refractivity contribution in [3.63, 3.8) is 0 Å². The average molecular weight is 329 g/mol. The van der Waals surface area contributed by atoms with Gasteiger partial charge in [-0.25, -0.2) is 9.97 Å². The van der Waals surface area contributed by atoms with Crippen LogP contribution < -0.4 is 16.5 Å². The quantitative estimate of drug-likeness (QED) is 0.266. The molecule has 0 saturated carbocycles. The molecule has 9 heteroatoms. The van der Waals surface area contributed by atoms with Crippen molar-refractivity contribution in [1.29, 1.82) is 5.41 Å². The molecule has 0 radical (unpaired) electrons. The Balaban J connectivity index is 2.27. The van der Waals surface area contributed by atoms with E-state index in [0.717, 1.165) is 6.21 Å². The van der Waals surface area contributed by atoms with Gasteiger partial charge in [0, 0.05) is 18.1 Å². The van der Waals surface area contributed by atoms with Gasteiger partial charge in [-0.3, -0.25) is 10.2 Å². The van der Waals surface area contributed by atoms with E-state index < -0.39 is 5.91 Å². The van der Waals surface area contributed by atoms with Gasteiger partial charge in [-0.05, 0) is 24.5 Å². The van der Waals surface area contributed by atoms with Gasteiger partial charge in [-0.15, -0.1) is 0 Å². The molecule has 1 heterocycles. The number of carbonyl (C=O) groups is 1. The molecule has 1 aromatic carbocycles. The van der Waals surface area contributed by atoms with Crippen LogP contribution >= 0.6 is 11.8 Å². The Morgan fingerprint density at radius 3 is 2.91 bits per heavy atom. The summed E-state index contributed by atoms with van der Waals surface area (Å²) in [5, 5.41) is 14.3. The van der Waals surface area contributed by atoms with E-state index in [9.17, 15) is 4.79 Å². The zero-order valence-electron chi connectivity index (χ0n) is 12.3. The van der Waals surface area contributed by atoms with Crippen LogP contribution in [0.1, 0.15) is 10.4 Å². The SMILES string of the molecule is CSc1ncc(C(N)=O)c(Nc2cccc(N/N=C\C=N)c2)n1. The molecule has 23 heavy (non-hydrogen) atoms. The Kier molecular flexibility index (Phi) is 5.64. The summed E-state index contributed by atoms with van der Waals surface area (Å²) in [5.41, 5.74) is 9.76. The number of hydrazone groups is 1. The molecule has 2 rings (SSSR count). The number of hydrogen-bond donors (Lipinski definition) is 4. The minimum absolute atomic E-state index is 0.211. The Bertz CT molecular complexity index is 748. The molecule has 8 nitrogen and oxygen atoms in total. The van der Waals surface area contributed by atoms with Gasteiger partial charge in [-0.2, -0.15) is 5.10 Å². The van der Waals surface area contributed by atoms with E-state index in [1.807, 2.05) is 24.5 Å². The normalized spacial score (nSPS) is 10.5. The molecule has 1 amide bonds. The third-order valence-electron chi connectivity index (χ3n) is 2.68. The highest BCUT2D eigenvalue weighted by Gasteiger charge is 2.12. The number of anilines is 3. The maximum Gasteiger partial charge on any atom is 0.254 e. The number of hydrogen-bond acceptors (Lipinski definition) is 8. The predicted molar refractivity (Wildman–Crippen MR) is 93.0 cm³/mol. The van der Waals surface area contributed by atoms with E-state index in [1.54, 1.807) is 6.07 Å². The van der Waals surface area contributed by atoms with Crippen molar-refractivity contribution in [2.75, 3.05) is 17.0 Å². The van der Waals surface area contributed by atoms with Crippen molar-refractivity contribution >= 4 is 47.3 Å². The van der Waals surface area contributed by atoms with Crippen LogP contribution in [0.5, 0.6) is 0 Å². The lowest BCUT2D eigenvalue weighted by atomic mass is 10.2. The van der Waals surface area contributed by atoms with Crippen molar-refractivity contribution in [2.45, 2.75) is 5.16 Å². The maximum absolute atomic E-state index is 11.5. The lowest BCUT2D eigenvalue weighted by Gasteiger charge is -2.10. The van der Waals surface area contributed by atoms with Gasteiger partial charge in [0.15, 0.2) is 5.16 Å². The van der Waals surface area contributed by atoms with E-state index in [2.05, 4.69) is 25.8 Å². The first-order valence-corrected chi connectivity index (χ1v) is 7.72. The van der Waals surface area contributed by atoms with Crippen molar-refractivity contribution in [1.82, 2.24) is 9.97 Å². The summed E-state index contributed by atoms with van der Waals surface area (Å²) in [5.74, 6) is -0.262. The van der Waals surface area contributed by atoms with Crippen molar-refractivity contribution in [2.24, 2.45) is 10.8 Å². The first kappa shape index (κ1) is 16.4.